The van der Waals surface area contributed by atoms with Crippen LogP contribution in [-0.2, 0) is 13.0 Å². The summed E-state index contributed by atoms with van der Waals surface area (Å²) in [6.07, 6.45) is 4.76. The van der Waals surface area contributed by atoms with E-state index in [1.54, 1.807) is 19.5 Å². The van der Waals surface area contributed by atoms with Crippen molar-refractivity contribution in [3.05, 3.63) is 47.8 Å². The van der Waals surface area contributed by atoms with Gasteiger partial charge in [0.2, 0.25) is 0 Å². The lowest BCUT2D eigenvalue weighted by molar-refractivity contribution is 0.254. The zero-order chi connectivity index (χ0) is 13.9. The molecule has 0 saturated carbocycles. The van der Waals surface area contributed by atoms with Crippen molar-refractivity contribution >= 4 is 5.69 Å². The molecule has 0 bridgehead atoms. The van der Waals surface area contributed by atoms with Crippen LogP contribution in [0.1, 0.15) is 18.1 Å². The molecule has 0 amide bonds. The third kappa shape index (κ3) is 2.54. The van der Waals surface area contributed by atoms with E-state index in [2.05, 4.69) is 29.4 Å². The Morgan fingerprint density at radius 1 is 1.45 bits per heavy atom. The van der Waals surface area contributed by atoms with Gasteiger partial charge >= 0.3 is 0 Å². The van der Waals surface area contributed by atoms with E-state index in [9.17, 15) is 0 Å². The van der Waals surface area contributed by atoms with Crippen molar-refractivity contribution in [2.24, 2.45) is 0 Å². The van der Waals surface area contributed by atoms with Crippen molar-refractivity contribution in [3.8, 4) is 11.5 Å². The highest BCUT2D eigenvalue weighted by molar-refractivity contribution is 5.50. The molecule has 1 aromatic carbocycles. The van der Waals surface area contributed by atoms with E-state index in [4.69, 9.17) is 9.47 Å². The number of rotatable bonds is 4. The second-order valence-electron chi connectivity index (χ2n) is 5.00. The number of hydrogen-bond donors (Lipinski definition) is 1. The van der Waals surface area contributed by atoms with Gasteiger partial charge in [0, 0.05) is 36.5 Å². The molecular formula is C16H18N2O2. The van der Waals surface area contributed by atoms with Gasteiger partial charge in [-0.15, -0.1) is 0 Å². The van der Waals surface area contributed by atoms with E-state index in [1.807, 2.05) is 12.1 Å². The number of nitrogens with one attached hydrogen (secondary N) is 1. The van der Waals surface area contributed by atoms with Crippen molar-refractivity contribution in [1.82, 2.24) is 4.98 Å². The maximum atomic E-state index is 5.80. The van der Waals surface area contributed by atoms with Gasteiger partial charge < -0.3 is 14.8 Å². The van der Waals surface area contributed by atoms with Gasteiger partial charge in [0.05, 0.1) is 12.8 Å². The van der Waals surface area contributed by atoms with Gasteiger partial charge in [0.1, 0.15) is 17.6 Å². The van der Waals surface area contributed by atoms with Crippen molar-refractivity contribution in [3.63, 3.8) is 0 Å². The first-order chi connectivity index (χ1) is 9.76. The number of pyridine rings is 1. The van der Waals surface area contributed by atoms with Crippen molar-refractivity contribution in [1.29, 1.82) is 0 Å². The third-order valence-corrected chi connectivity index (χ3v) is 3.44. The summed E-state index contributed by atoms with van der Waals surface area (Å²) < 4.78 is 11.3. The predicted octanol–water partition coefficient (Wildman–Crippen LogP) is 3.03. The lowest BCUT2D eigenvalue weighted by Crippen LogP contribution is -2.05. The first-order valence-electron chi connectivity index (χ1n) is 6.76. The average Bonchev–Trinajstić information content (AvgIpc) is 2.84. The smallest absolute Gasteiger partial charge is 0.124 e. The molecular weight excluding hydrogens is 252 g/mol. The maximum Gasteiger partial charge on any atom is 0.124 e. The van der Waals surface area contributed by atoms with Gasteiger partial charge in [-0.05, 0) is 31.2 Å². The van der Waals surface area contributed by atoms with Crippen LogP contribution in [0.25, 0.3) is 0 Å². The summed E-state index contributed by atoms with van der Waals surface area (Å²) in [6, 6.07) is 8.05. The summed E-state index contributed by atoms with van der Waals surface area (Å²) in [5.74, 6) is 1.87. The number of anilines is 1. The summed E-state index contributed by atoms with van der Waals surface area (Å²) in [5.41, 5.74) is 3.30. The topological polar surface area (TPSA) is 43.4 Å². The fraction of sp³-hybridized carbons (Fsp3) is 0.312. The number of methoxy groups -OCH3 is 1. The van der Waals surface area contributed by atoms with Gasteiger partial charge in [-0.25, -0.2) is 0 Å². The van der Waals surface area contributed by atoms with Crippen molar-refractivity contribution in [2.75, 3.05) is 12.4 Å². The van der Waals surface area contributed by atoms with Gasteiger partial charge in [-0.2, -0.15) is 0 Å². The van der Waals surface area contributed by atoms with E-state index in [0.717, 1.165) is 29.2 Å². The molecule has 4 nitrogen and oxygen atoms in total. The molecule has 1 aromatic heterocycles. The van der Waals surface area contributed by atoms with Crippen LogP contribution in [0.3, 0.4) is 0 Å². The minimum Gasteiger partial charge on any atom is -0.496 e. The van der Waals surface area contributed by atoms with E-state index >= 15 is 0 Å². The Bertz CT molecular complexity index is 599. The molecule has 0 saturated heterocycles. The molecule has 4 heteroatoms. The van der Waals surface area contributed by atoms with Crippen molar-refractivity contribution in [2.45, 2.75) is 26.0 Å². The first-order valence-corrected chi connectivity index (χ1v) is 6.76. The molecule has 2 aromatic rings. The summed E-state index contributed by atoms with van der Waals surface area (Å²) in [5, 5.41) is 3.34. The Balaban J connectivity index is 1.81. The van der Waals surface area contributed by atoms with Gasteiger partial charge in [0.25, 0.3) is 0 Å². The molecule has 20 heavy (non-hydrogen) atoms. The third-order valence-electron chi connectivity index (χ3n) is 3.44. The highest BCUT2D eigenvalue weighted by Crippen LogP contribution is 2.35. The van der Waals surface area contributed by atoms with E-state index in [1.165, 1.54) is 5.56 Å². The molecule has 0 spiro atoms. The van der Waals surface area contributed by atoms with E-state index in [0.29, 0.717) is 6.54 Å². The second-order valence-corrected chi connectivity index (χ2v) is 5.00. The molecule has 104 valence electrons. The van der Waals surface area contributed by atoms with Crippen LogP contribution >= 0.6 is 0 Å². The molecule has 0 fully saturated rings. The van der Waals surface area contributed by atoms with Gasteiger partial charge in [0.15, 0.2) is 0 Å². The molecule has 1 unspecified atom stereocenters. The number of hydrogen-bond acceptors (Lipinski definition) is 4. The van der Waals surface area contributed by atoms with Gasteiger partial charge in [-0.3, -0.25) is 4.98 Å². The summed E-state index contributed by atoms with van der Waals surface area (Å²) in [4.78, 5) is 4.09. The average molecular weight is 270 g/mol. The monoisotopic (exact) mass is 270 g/mol. The van der Waals surface area contributed by atoms with Crippen LogP contribution in [0.4, 0.5) is 5.69 Å². The Hall–Kier alpha value is -2.23. The standard InChI is InChI=1S/C16H18N2O2/c1-11-6-12-7-15(19-2)13(8-16(12)20-11)9-18-14-4-3-5-17-10-14/h3-5,7-8,10-11,18H,6,9H2,1-2H3. The molecule has 1 atom stereocenters. The van der Waals surface area contributed by atoms with E-state index < -0.39 is 0 Å². The minimum atomic E-state index is 0.247. The number of fused-ring (bicyclic) bond motifs is 1. The molecule has 2 heterocycles. The molecule has 1 aliphatic rings. The first kappa shape index (κ1) is 12.8. The number of nitrogens with zero attached hydrogens (tertiary/aromatic N) is 1. The number of ether oxygens (including phenoxy) is 2. The van der Waals surface area contributed by atoms with Crippen molar-refractivity contribution < 1.29 is 9.47 Å². The van der Waals surface area contributed by atoms with Crippen LogP contribution < -0.4 is 14.8 Å². The predicted molar refractivity (Wildman–Crippen MR) is 78.4 cm³/mol. The van der Waals surface area contributed by atoms with Crippen LogP contribution in [-0.4, -0.2) is 18.2 Å². The summed E-state index contributed by atoms with van der Waals surface area (Å²) in [6.45, 7) is 2.76. The SMILES string of the molecule is COc1cc2c(cc1CNc1cccnc1)OC(C)C2. The summed E-state index contributed by atoms with van der Waals surface area (Å²) >= 11 is 0. The minimum absolute atomic E-state index is 0.247. The van der Waals surface area contributed by atoms with E-state index in [-0.39, 0.29) is 6.10 Å². The highest BCUT2D eigenvalue weighted by atomic mass is 16.5. The number of benzene rings is 1. The van der Waals surface area contributed by atoms with Crippen LogP contribution in [0.2, 0.25) is 0 Å². The number of aromatic nitrogens is 1. The lowest BCUT2D eigenvalue weighted by Gasteiger charge is -2.12. The second kappa shape index (κ2) is 5.41. The Morgan fingerprint density at radius 3 is 3.10 bits per heavy atom. The zero-order valence-electron chi connectivity index (χ0n) is 11.7. The Kier molecular flexibility index (Phi) is 3.46. The van der Waals surface area contributed by atoms with Crippen LogP contribution in [0.15, 0.2) is 36.7 Å². The quantitative estimate of drug-likeness (QED) is 0.927. The maximum absolute atomic E-state index is 5.80. The van der Waals surface area contributed by atoms with Crippen LogP contribution in [0, 0.1) is 0 Å². The largest absolute Gasteiger partial charge is 0.496 e. The summed E-state index contributed by atoms with van der Waals surface area (Å²) in [7, 11) is 1.70. The highest BCUT2D eigenvalue weighted by Gasteiger charge is 2.21. The fourth-order valence-corrected chi connectivity index (χ4v) is 2.47. The fourth-order valence-electron chi connectivity index (χ4n) is 2.47. The normalized spacial score (nSPS) is 16.4. The molecule has 1 aliphatic heterocycles. The van der Waals surface area contributed by atoms with Crippen LogP contribution in [0.5, 0.6) is 11.5 Å². The molecule has 0 aliphatic carbocycles. The molecule has 3 rings (SSSR count). The lowest BCUT2D eigenvalue weighted by atomic mass is 10.1. The molecule has 0 radical (unpaired) electrons. The molecule has 1 N–H and O–H groups in total. The zero-order valence-corrected chi connectivity index (χ0v) is 11.7. The Labute approximate surface area is 118 Å². The Morgan fingerprint density at radius 2 is 2.35 bits per heavy atom. The van der Waals surface area contributed by atoms with Gasteiger partial charge in [-0.1, -0.05) is 0 Å².